The highest BCUT2D eigenvalue weighted by Crippen LogP contribution is 2.08. The molecule has 0 fully saturated rings. The van der Waals surface area contributed by atoms with Crippen LogP contribution < -0.4 is 10.9 Å². The highest BCUT2D eigenvalue weighted by molar-refractivity contribution is 5.79. The molecule has 0 aliphatic heterocycles. The lowest BCUT2D eigenvalue weighted by Crippen LogP contribution is -2.32. The lowest BCUT2D eigenvalue weighted by atomic mass is 10.2. The van der Waals surface area contributed by atoms with Gasteiger partial charge in [-0.1, -0.05) is 6.07 Å². The molecule has 0 saturated carbocycles. The quantitative estimate of drug-likeness (QED) is 0.604. The molecule has 1 amide bonds. The third-order valence-electron chi connectivity index (χ3n) is 3.98. The zero-order valence-electron chi connectivity index (χ0n) is 13.6. The van der Waals surface area contributed by atoms with E-state index in [4.69, 9.17) is 0 Å². The van der Waals surface area contributed by atoms with Gasteiger partial charge >= 0.3 is 0 Å². The van der Waals surface area contributed by atoms with Crippen molar-refractivity contribution in [3.05, 3.63) is 77.0 Å². The van der Waals surface area contributed by atoms with Crippen LogP contribution in [0.2, 0.25) is 0 Å². The molecule has 0 bridgehead atoms. The van der Waals surface area contributed by atoms with E-state index in [-0.39, 0.29) is 24.4 Å². The van der Waals surface area contributed by atoms with Gasteiger partial charge in [0.25, 0.3) is 5.56 Å². The van der Waals surface area contributed by atoms with Crippen LogP contribution in [0, 0.1) is 5.82 Å². The van der Waals surface area contributed by atoms with Crippen molar-refractivity contribution in [2.75, 3.05) is 0 Å². The summed E-state index contributed by atoms with van der Waals surface area (Å²) in [5, 5.41) is 2.86. The molecule has 4 rings (SSSR count). The molecule has 3 aromatic heterocycles. The molecule has 8 heteroatoms. The Kier molecular flexibility index (Phi) is 3.92. The van der Waals surface area contributed by atoms with Gasteiger partial charge in [-0.3, -0.25) is 14.2 Å². The molecule has 1 N–H and O–H groups in total. The van der Waals surface area contributed by atoms with Crippen LogP contribution in [-0.4, -0.2) is 24.8 Å². The normalized spacial score (nSPS) is 11.1. The Bertz CT molecular complexity index is 1150. The summed E-state index contributed by atoms with van der Waals surface area (Å²) in [5.74, 6) is -0.882. The van der Waals surface area contributed by atoms with Gasteiger partial charge in [0.05, 0.1) is 29.5 Å². The van der Waals surface area contributed by atoms with Gasteiger partial charge in [0.15, 0.2) is 0 Å². The number of imidazole rings is 1. The molecule has 3 heterocycles. The summed E-state index contributed by atoms with van der Waals surface area (Å²) in [7, 11) is 0. The predicted molar refractivity (Wildman–Crippen MR) is 93.0 cm³/mol. The molecule has 0 unspecified atom stereocenters. The number of nitrogens with one attached hydrogen (secondary N) is 1. The van der Waals surface area contributed by atoms with Gasteiger partial charge in [0.1, 0.15) is 18.0 Å². The van der Waals surface area contributed by atoms with E-state index in [2.05, 4.69) is 15.3 Å². The van der Waals surface area contributed by atoms with Crippen molar-refractivity contribution in [1.29, 1.82) is 0 Å². The number of fused-ring (bicyclic) bond motifs is 2. The summed E-state index contributed by atoms with van der Waals surface area (Å²) in [6.45, 7) is 0.0383. The van der Waals surface area contributed by atoms with Gasteiger partial charge in [0.2, 0.25) is 5.91 Å². The number of amides is 1. The number of hydrogen-bond acceptors (Lipinski definition) is 4. The van der Waals surface area contributed by atoms with Crippen LogP contribution in [0.1, 0.15) is 5.69 Å². The van der Waals surface area contributed by atoms with Gasteiger partial charge < -0.3 is 9.72 Å². The van der Waals surface area contributed by atoms with Crippen molar-refractivity contribution >= 4 is 22.5 Å². The summed E-state index contributed by atoms with van der Waals surface area (Å²) < 4.78 is 16.4. The maximum absolute atomic E-state index is 13.3. The SMILES string of the molecule is O=C(Cn1cnc2ccc(F)cc2c1=O)NCc1cn2ccccc2n1. The van der Waals surface area contributed by atoms with Crippen LogP contribution in [0.4, 0.5) is 4.39 Å². The monoisotopic (exact) mass is 351 g/mol. The summed E-state index contributed by atoms with van der Waals surface area (Å²) in [5.41, 5.74) is 1.42. The molecule has 0 radical (unpaired) electrons. The second-order valence-electron chi connectivity index (χ2n) is 5.81. The van der Waals surface area contributed by atoms with Crippen molar-refractivity contribution in [1.82, 2.24) is 24.3 Å². The Hall–Kier alpha value is -3.55. The van der Waals surface area contributed by atoms with Gasteiger partial charge in [-0.15, -0.1) is 0 Å². The number of aromatic nitrogens is 4. The van der Waals surface area contributed by atoms with E-state index < -0.39 is 11.4 Å². The standard InChI is InChI=1S/C18H14FN5O2/c19-12-4-5-15-14(7-12)18(26)24(11-21-15)10-17(25)20-8-13-9-23-6-2-1-3-16(23)22-13/h1-7,9,11H,8,10H2,(H,20,25). The second kappa shape index (κ2) is 6.40. The van der Waals surface area contributed by atoms with Crippen molar-refractivity contribution in [2.24, 2.45) is 0 Å². The lowest BCUT2D eigenvalue weighted by Gasteiger charge is -2.07. The second-order valence-corrected chi connectivity index (χ2v) is 5.81. The molecule has 0 aliphatic rings. The van der Waals surface area contributed by atoms with E-state index in [9.17, 15) is 14.0 Å². The first-order chi connectivity index (χ1) is 12.6. The molecule has 130 valence electrons. The van der Waals surface area contributed by atoms with Crippen molar-refractivity contribution < 1.29 is 9.18 Å². The van der Waals surface area contributed by atoms with E-state index in [1.165, 1.54) is 18.5 Å². The summed E-state index contributed by atoms with van der Waals surface area (Å²) in [4.78, 5) is 33.0. The smallest absolute Gasteiger partial charge is 0.261 e. The average Bonchev–Trinajstić information content (AvgIpc) is 3.06. The van der Waals surface area contributed by atoms with Crippen LogP contribution in [0.3, 0.4) is 0 Å². The van der Waals surface area contributed by atoms with E-state index >= 15 is 0 Å². The Morgan fingerprint density at radius 1 is 1.23 bits per heavy atom. The Balaban J connectivity index is 1.48. The first-order valence-electron chi connectivity index (χ1n) is 7.94. The fraction of sp³-hybridized carbons (Fsp3) is 0.111. The predicted octanol–water partition coefficient (Wildman–Crippen LogP) is 1.50. The lowest BCUT2D eigenvalue weighted by molar-refractivity contribution is -0.121. The number of rotatable bonds is 4. The minimum absolute atomic E-state index is 0.139. The number of benzene rings is 1. The number of hydrogen-bond donors (Lipinski definition) is 1. The molecule has 0 saturated heterocycles. The van der Waals surface area contributed by atoms with E-state index in [1.54, 1.807) is 0 Å². The Morgan fingerprint density at radius 2 is 2.12 bits per heavy atom. The third-order valence-corrected chi connectivity index (χ3v) is 3.98. The van der Waals surface area contributed by atoms with Crippen molar-refractivity contribution in [3.8, 4) is 0 Å². The molecule has 26 heavy (non-hydrogen) atoms. The zero-order chi connectivity index (χ0) is 18.1. The molecular weight excluding hydrogens is 337 g/mol. The molecule has 1 aromatic carbocycles. The van der Waals surface area contributed by atoms with E-state index in [0.717, 1.165) is 16.3 Å². The minimum atomic E-state index is -0.523. The molecule has 0 atom stereocenters. The summed E-state index contributed by atoms with van der Waals surface area (Å²) >= 11 is 0. The highest BCUT2D eigenvalue weighted by atomic mass is 19.1. The highest BCUT2D eigenvalue weighted by Gasteiger charge is 2.10. The van der Waals surface area contributed by atoms with Crippen LogP contribution in [-0.2, 0) is 17.9 Å². The number of carbonyl (C=O) groups excluding carboxylic acids is 1. The third kappa shape index (κ3) is 3.04. The number of halogens is 1. The van der Waals surface area contributed by atoms with Gasteiger partial charge in [-0.05, 0) is 30.3 Å². The maximum Gasteiger partial charge on any atom is 0.261 e. The fourth-order valence-electron chi connectivity index (χ4n) is 2.72. The molecule has 0 spiro atoms. The van der Waals surface area contributed by atoms with Gasteiger partial charge in [-0.2, -0.15) is 0 Å². The summed E-state index contributed by atoms with van der Waals surface area (Å²) in [6.07, 6.45) is 4.97. The van der Waals surface area contributed by atoms with Crippen LogP contribution in [0.15, 0.2) is 59.9 Å². The Labute approximate surface area is 146 Å². The zero-order valence-corrected chi connectivity index (χ0v) is 13.6. The molecule has 0 aliphatic carbocycles. The molecule has 7 nitrogen and oxygen atoms in total. The molecule has 4 aromatic rings. The minimum Gasteiger partial charge on any atom is -0.349 e. The van der Waals surface area contributed by atoms with Gasteiger partial charge in [-0.25, -0.2) is 14.4 Å². The van der Waals surface area contributed by atoms with E-state index in [1.807, 2.05) is 35.0 Å². The first-order valence-corrected chi connectivity index (χ1v) is 7.94. The number of pyridine rings is 1. The van der Waals surface area contributed by atoms with Crippen LogP contribution >= 0.6 is 0 Å². The maximum atomic E-state index is 13.3. The first kappa shape index (κ1) is 15.9. The Morgan fingerprint density at radius 3 is 2.96 bits per heavy atom. The molecular formula is C18H14FN5O2. The fourth-order valence-corrected chi connectivity index (χ4v) is 2.72. The average molecular weight is 351 g/mol. The largest absolute Gasteiger partial charge is 0.349 e. The number of nitrogens with zero attached hydrogens (tertiary/aromatic N) is 4. The van der Waals surface area contributed by atoms with E-state index in [0.29, 0.717) is 11.2 Å². The van der Waals surface area contributed by atoms with Gasteiger partial charge in [0, 0.05) is 12.4 Å². The van der Waals surface area contributed by atoms with Crippen LogP contribution in [0.25, 0.3) is 16.6 Å². The van der Waals surface area contributed by atoms with Crippen molar-refractivity contribution in [2.45, 2.75) is 13.1 Å². The topological polar surface area (TPSA) is 81.3 Å². The number of carbonyl (C=O) groups is 1. The summed E-state index contributed by atoms with van der Waals surface area (Å²) in [6, 6.07) is 9.42. The van der Waals surface area contributed by atoms with Crippen molar-refractivity contribution in [3.63, 3.8) is 0 Å². The van der Waals surface area contributed by atoms with Crippen LogP contribution in [0.5, 0.6) is 0 Å².